The van der Waals surface area contributed by atoms with Gasteiger partial charge in [0, 0.05) is 10.9 Å². The van der Waals surface area contributed by atoms with Gasteiger partial charge in [-0.3, -0.25) is 0 Å². The van der Waals surface area contributed by atoms with Crippen LogP contribution in [-0.4, -0.2) is 6.54 Å². The predicted octanol–water partition coefficient (Wildman–Crippen LogP) is 5.54. The quantitative estimate of drug-likeness (QED) is 0.652. The van der Waals surface area contributed by atoms with E-state index in [1.54, 1.807) is 10.4 Å². The Labute approximate surface area is 141 Å². The molecule has 0 saturated heterocycles. The number of halogens is 1. The van der Waals surface area contributed by atoms with Crippen molar-refractivity contribution in [3.05, 3.63) is 19.4 Å². The maximum atomic E-state index is 3.86. The summed E-state index contributed by atoms with van der Waals surface area (Å²) in [6, 6.07) is 3.06. The Morgan fingerprint density at radius 2 is 2.20 bits per heavy atom. The van der Waals surface area contributed by atoms with E-state index in [0.717, 1.165) is 11.8 Å². The minimum absolute atomic E-state index is 0.638. The van der Waals surface area contributed by atoms with E-state index < -0.39 is 0 Å². The molecule has 3 rings (SSSR count). The molecule has 1 aromatic rings. The maximum absolute atomic E-state index is 3.86. The summed E-state index contributed by atoms with van der Waals surface area (Å²) < 4.78 is 1.46. The fourth-order valence-electron chi connectivity index (χ4n) is 4.02. The molecule has 1 aromatic heterocycles. The van der Waals surface area contributed by atoms with Crippen LogP contribution in [0.5, 0.6) is 0 Å². The summed E-state index contributed by atoms with van der Waals surface area (Å²) in [5.74, 6) is 1.95. The summed E-state index contributed by atoms with van der Waals surface area (Å²) >= 11 is 4.48. The van der Waals surface area contributed by atoms with Crippen molar-refractivity contribution < 1.29 is 0 Å². The van der Waals surface area contributed by atoms with Gasteiger partial charge in [0.2, 0.25) is 0 Å². The first kappa shape index (κ1) is 15.3. The molecule has 0 spiro atoms. The van der Waals surface area contributed by atoms with Crippen LogP contribution in [0.15, 0.2) is 6.07 Å². The van der Waals surface area contributed by atoms with Gasteiger partial charge in [-0.05, 0) is 84.7 Å². The van der Waals surface area contributed by atoms with E-state index >= 15 is 0 Å². The van der Waals surface area contributed by atoms with Crippen LogP contribution in [0.4, 0.5) is 0 Å². The second-order valence-electron chi connectivity index (χ2n) is 6.75. The lowest BCUT2D eigenvalue weighted by molar-refractivity contribution is 0.263. The second kappa shape index (κ2) is 7.10. The Morgan fingerprint density at radius 3 is 3.05 bits per heavy atom. The average molecular weight is 403 g/mol. The van der Waals surface area contributed by atoms with Crippen LogP contribution in [0, 0.1) is 14.7 Å². The number of aryl methyl sites for hydroxylation is 1. The van der Waals surface area contributed by atoms with Gasteiger partial charge in [0.1, 0.15) is 0 Å². The van der Waals surface area contributed by atoms with Gasteiger partial charge in [-0.25, -0.2) is 0 Å². The van der Waals surface area contributed by atoms with E-state index in [4.69, 9.17) is 0 Å². The SMILES string of the molecule is CC1CCCC(CCNC2CCCc3sc(I)cc32)C1. The molecule has 20 heavy (non-hydrogen) atoms. The zero-order chi connectivity index (χ0) is 13.9. The highest BCUT2D eigenvalue weighted by molar-refractivity contribution is 14.1. The number of hydrogen-bond donors (Lipinski definition) is 1. The van der Waals surface area contributed by atoms with E-state index in [1.807, 2.05) is 11.3 Å². The monoisotopic (exact) mass is 403 g/mol. The van der Waals surface area contributed by atoms with Crippen molar-refractivity contribution in [1.29, 1.82) is 0 Å². The summed E-state index contributed by atoms with van der Waals surface area (Å²) in [6.07, 6.45) is 11.2. The van der Waals surface area contributed by atoms with Crippen LogP contribution >= 0.6 is 33.9 Å². The maximum Gasteiger partial charge on any atom is 0.0659 e. The summed E-state index contributed by atoms with van der Waals surface area (Å²) in [4.78, 5) is 1.64. The average Bonchev–Trinajstić information content (AvgIpc) is 2.80. The molecule has 112 valence electrons. The van der Waals surface area contributed by atoms with Crippen LogP contribution in [0.1, 0.15) is 68.4 Å². The molecule has 1 nitrogen and oxygen atoms in total. The molecule has 2 aliphatic carbocycles. The highest BCUT2D eigenvalue weighted by Crippen LogP contribution is 2.36. The van der Waals surface area contributed by atoms with Gasteiger partial charge in [0.15, 0.2) is 0 Å². The van der Waals surface area contributed by atoms with Crippen LogP contribution in [-0.2, 0) is 6.42 Å². The van der Waals surface area contributed by atoms with Gasteiger partial charge in [0.25, 0.3) is 0 Å². The first-order valence-corrected chi connectivity index (χ1v) is 10.1. The Morgan fingerprint density at radius 1 is 1.30 bits per heavy atom. The minimum atomic E-state index is 0.638. The van der Waals surface area contributed by atoms with Gasteiger partial charge >= 0.3 is 0 Å². The number of rotatable bonds is 4. The molecule has 2 aliphatic rings. The second-order valence-corrected chi connectivity index (χ2v) is 9.79. The molecule has 0 radical (unpaired) electrons. The third-order valence-electron chi connectivity index (χ3n) is 5.07. The largest absolute Gasteiger partial charge is 0.310 e. The van der Waals surface area contributed by atoms with Gasteiger partial charge in [-0.1, -0.05) is 26.2 Å². The van der Waals surface area contributed by atoms with Crippen LogP contribution in [0.25, 0.3) is 0 Å². The van der Waals surface area contributed by atoms with E-state index in [9.17, 15) is 0 Å². The van der Waals surface area contributed by atoms with Crippen LogP contribution in [0.3, 0.4) is 0 Å². The van der Waals surface area contributed by atoms with Crippen molar-refractivity contribution in [3.8, 4) is 0 Å². The predicted molar refractivity (Wildman–Crippen MR) is 96.5 cm³/mol. The molecule has 3 heteroatoms. The van der Waals surface area contributed by atoms with Crippen molar-refractivity contribution in [2.24, 2.45) is 11.8 Å². The van der Waals surface area contributed by atoms with Crippen molar-refractivity contribution in [2.45, 2.75) is 64.3 Å². The number of fused-ring (bicyclic) bond motifs is 1. The van der Waals surface area contributed by atoms with Crippen molar-refractivity contribution >= 4 is 33.9 Å². The van der Waals surface area contributed by atoms with Gasteiger partial charge < -0.3 is 5.32 Å². The molecule has 0 bridgehead atoms. The molecular formula is C17H26INS. The fraction of sp³-hybridized carbons (Fsp3) is 0.765. The Hall–Kier alpha value is 0.390. The molecule has 1 heterocycles. The van der Waals surface area contributed by atoms with E-state index in [1.165, 1.54) is 60.8 Å². The Kier molecular flexibility index (Phi) is 5.43. The minimum Gasteiger partial charge on any atom is -0.310 e. The molecule has 3 atom stereocenters. The van der Waals surface area contributed by atoms with Crippen molar-refractivity contribution in [3.63, 3.8) is 0 Å². The summed E-state index contributed by atoms with van der Waals surface area (Å²) in [5, 5.41) is 3.86. The zero-order valence-electron chi connectivity index (χ0n) is 12.5. The molecule has 0 amide bonds. The number of thiophene rings is 1. The number of hydrogen-bond acceptors (Lipinski definition) is 2. The van der Waals surface area contributed by atoms with E-state index in [0.29, 0.717) is 6.04 Å². The van der Waals surface area contributed by atoms with Gasteiger partial charge in [0.05, 0.1) is 2.88 Å². The van der Waals surface area contributed by atoms with Crippen LogP contribution < -0.4 is 5.32 Å². The van der Waals surface area contributed by atoms with Crippen LogP contribution in [0.2, 0.25) is 0 Å². The summed E-state index contributed by atoms with van der Waals surface area (Å²) in [6.45, 7) is 3.65. The first-order valence-electron chi connectivity index (χ1n) is 8.24. The molecule has 0 aliphatic heterocycles. The lowest BCUT2D eigenvalue weighted by atomic mass is 9.81. The Bertz CT molecular complexity index is 442. The highest BCUT2D eigenvalue weighted by Gasteiger charge is 2.23. The van der Waals surface area contributed by atoms with Gasteiger partial charge in [-0.2, -0.15) is 0 Å². The van der Waals surface area contributed by atoms with Crippen molar-refractivity contribution in [1.82, 2.24) is 5.32 Å². The van der Waals surface area contributed by atoms with Crippen molar-refractivity contribution in [2.75, 3.05) is 6.54 Å². The van der Waals surface area contributed by atoms with E-state index in [2.05, 4.69) is 40.9 Å². The third-order valence-corrected chi connectivity index (χ3v) is 7.04. The highest BCUT2D eigenvalue weighted by atomic mass is 127. The van der Waals surface area contributed by atoms with Gasteiger partial charge in [-0.15, -0.1) is 11.3 Å². The first-order chi connectivity index (χ1) is 9.72. The standard InChI is InChI=1S/C17H26INS/c1-12-4-2-5-13(10-12)8-9-19-15-6-3-7-16-14(15)11-17(18)20-16/h11-13,15,19H,2-10H2,1H3. The summed E-state index contributed by atoms with van der Waals surface area (Å²) in [7, 11) is 0. The molecule has 0 aromatic carbocycles. The molecule has 1 N–H and O–H groups in total. The smallest absolute Gasteiger partial charge is 0.0659 e. The summed E-state index contributed by atoms with van der Waals surface area (Å²) in [5.41, 5.74) is 1.61. The normalized spacial score (nSPS) is 30.2. The fourth-order valence-corrected chi connectivity index (χ4v) is 6.14. The Balaban J connectivity index is 1.49. The topological polar surface area (TPSA) is 12.0 Å². The molecule has 1 fully saturated rings. The van der Waals surface area contributed by atoms with E-state index in [-0.39, 0.29) is 0 Å². The zero-order valence-corrected chi connectivity index (χ0v) is 15.4. The molecule has 1 saturated carbocycles. The lowest BCUT2D eigenvalue weighted by Gasteiger charge is -2.28. The third kappa shape index (κ3) is 3.77. The number of nitrogens with one attached hydrogen (secondary N) is 1. The lowest BCUT2D eigenvalue weighted by Crippen LogP contribution is -2.27. The molecule has 3 unspecified atom stereocenters. The molecular weight excluding hydrogens is 377 g/mol.